The Labute approximate surface area is 272 Å². The van der Waals surface area contributed by atoms with Crippen molar-refractivity contribution < 1.29 is 19.0 Å². The fourth-order valence-electron chi connectivity index (χ4n) is 5.04. The first-order valence-electron chi connectivity index (χ1n) is 14.9. The Balaban J connectivity index is 1.61. The molecule has 0 aliphatic rings. The van der Waals surface area contributed by atoms with Crippen LogP contribution in [0.5, 0.6) is 17.2 Å². The summed E-state index contributed by atoms with van der Waals surface area (Å²) in [5, 5.41) is 8.20. The molecule has 5 rings (SSSR count). The Kier molecular flexibility index (Phi) is 10.0. The summed E-state index contributed by atoms with van der Waals surface area (Å²) in [6, 6.07) is 23.4. The number of fused-ring (bicyclic) bond motifs is 1. The van der Waals surface area contributed by atoms with Gasteiger partial charge in [-0.15, -0.1) is 0 Å². The van der Waals surface area contributed by atoms with E-state index in [0.29, 0.717) is 45.4 Å². The highest BCUT2D eigenvalue weighted by atomic mass is 35.5. The summed E-state index contributed by atoms with van der Waals surface area (Å²) in [6.45, 7) is 8.30. The van der Waals surface area contributed by atoms with E-state index in [4.69, 9.17) is 30.8 Å². The van der Waals surface area contributed by atoms with E-state index in [-0.39, 0.29) is 29.7 Å². The maximum atomic E-state index is 14.0. The van der Waals surface area contributed by atoms with E-state index in [9.17, 15) is 9.59 Å². The second-order valence-corrected chi connectivity index (χ2v) is 11.3. The highest BCUT2D eigenvalue weighted by Gasteiger charge is 2.19. The molecule has 10 heteroatoms. The molecule has 236 valence electrons. The first-order chi connectivity index (χ1) is 22.2. The predicted octanol–water partition coefficient (Wildman–Crippen LogP) is 7.46. The SMILES string of the molecule is CCOc1cc(C)c(-c2nc3ccccc3c(=O)n2N=Cc2cc(Cl)cc(OC)c2OCC(=O)Nc2ccccc2)cc1C(C)C. The smallest absolute Gasteiger partial charge is 0.282 e. The van der Waals surface area contributed by atoms with E-state index in [0.717, 1.165) is 22.4 Å². The van der Waals surface area contributed by atoms with E-state index >= 15 is 0 Å². The third kappa shape index (κ3) is 7.05. The zero-order chi connectivity index (χ0) is 32.8. The number of carbonyl (C=O) groups is 1. The molecule has 1 heterocycles. The number of anilines is 1. The topological polar surface area (TPSA) is 104 Å². The Morgan fingerprint density at radius 1 is 1.02 bits per heavy atom. The van der Waals surface area contributed by atoms with Crippen molar-refractivity contribution in [3.05, 3.63) is 111 Å². The van der Waals surface area contributed by atoms with Crippen molar-refractivity contribution in [3.8, 4) is 28.6 Å². The monoisotopic (exact) mass is 638 g/mol. The van der Waals surface area contributed by atoms with E-state index < -0.39 is 0 Å². The molecule has 0 aliphatic carbocycles. The maximum Gasteiger partial charge on any atom is 0.282 e. The van der Waals surface area contributed by atoms with E-state index in [1.54, 1.807) is 42.5 Å². The normalized spacial score (nSPS) is 11.3. The minimum atomic E-state index is -0.366. The first kappa shape index (κ1) is 32.2. The summed E-state index contributed by atoms with van der Waals surface area (Å²) in [6.07, 6.45) is 1.45. The van der Waals surface area contributed by atoms with Crippen molar-refractivity contribution in [1.29, 1.82) is 0 Å². The van der Waals surface area contributed by atoms with Gasteiger partial charge in [0.05, 0.1) is 30.8 Å². The highest BCUT2D eigenvalue weighted by Crippen LogP contribution is 2.36. The average Bonchev–Trinajstić information content (AvgIpc) is 3.04. The van der Waals surface area contributed by atoms with Gasteiger partial charge in [-0.3, -0.25) is 9.59 Å². The summed E-state index contributed by atoms with van der Waals surface area (Å²) in [7, 11) is 1.47. The minimum Gasteiger partial charge on any atom is -0.494 e. The molecule has 46 heavy (non-hydrogen) atoms. The van der Waals surface area contributed by atoms with Gasteiger partial charge in [-0.05, 0) is 73.4 Å². The Morgan fingerprint density at radius 3 is 2.48 bits per heavy atom. The van der Waals surface area contributed by atoms with Crippen LogP contribution in [0.15, 0.2) is 88.8 Å². The van der Waals surface area contributed by atoms with E-state index in [2.05, 4.69) is 24.3 Å². The number of halogens is 1. The highest BCUT2D eigenvalue weighted by molar-refractivity contribution is 6.31. The number of nitrogens with zero attached hydrogens (tertiary/aromatic N) is 3. The number of nitrogens with one attached hydrogen (secondary N) is 1. The quantitative estimate of drug-likeness (QED) is 0.151. The molecule has 0 fully saturated rings. The van der Waals surface area contributed by atoms with Crippen LogP contribution in [-0.2, 0) is 4.79 Å². The Morgan fingerprint density at radius 2 is 1.76 bits per heavy atom. The van der Waals surface area contributed by atoms with Crippen LogP contribution in [0.4, 0.5) is 5.69 Å². The number of hydrogen-bond acceptors (Lipinski definition) is 7. The summed E-state index contributed by atoms with van der Waals surface area (Å²) in [5.41, 5.74) is 3.84. The molecule has 0 saturated heterocycles. The first-order valence-corrected chi connectivity index (χ1v) is 15.3. The van der Waals surface area contributed by atoms with Crippen molar-refractivity contribution in [3.63, 3.8) is 0 Å². The molecule has 1 aromatic heterocycles. The zero-order valence-corrected chi connectivity index (χ0v) is 27.1. The van der Waals surface area contributed by atoms with Gasteiger partial charge in [-0.2, -0.15) is 9.78 Å². The molecule has 0 bridgehead atoms. The number of hydrogen-bond donors (Lipinski definition) is 1. The molecule has 0 spiro atoms. The van der Waals surface area contributed by atoms with Crippen LogP contribution in [-0.4, -0.2) is 42.1 Å². The zero-order valence-electron chi connectivity index (χ0n) is 26.3. The third-order valence-electron chi connectivity index (χ3n) is 7.26. The fraction of sp³-hybridized carbons (Fsp3) is 0.222. The number of aryl methyl sites for hydroxylation is 1. The molecule has 0 atom stereocenters. The van der Waals surface area contributed by atoms with Gasteiger partial charge in [0.2, 0.25) is 0 Å². The molecule has 1 N–H and O–H groups in total. The second-order valence-electron chi connectivity index (χ2n) is 10.8. The fourth-order valence-corrected chi connectivity index (χ4v) is 5.26. The van der Waals surface area contributed by atoms with Crippen LogP contribution >= 0.6 is 11.6 Å². The van der Waals surface area contributed by atoms with Crippen LogP contribution in [0.25, 0.3) is 22.3 Å². The average molecular weight is 639 g/mol. The van der Waals surface area contributed by atoms with Crippen molar-refractivity contribution in [2.75, 3.05) is 25.6 Å². The van der Waals surface area contributed by atoms with Crippen molar-refractivity contribution in [2.24, 2.45) is 5.10 Å². The lowest BCUT2D eigenvalue weighted by molar-refractivity contribution is -0.118. The molecule has 4 aromatic carbocycles. The molecule has 1 amide bonds. The van der Waals surface area contributed by atoms with Gasteiger partial charge < -0.3 is 19.5 Å². The standard InChI is InChI=1S/C36H35ClN4O5/c1-6-45-31-16-23(4)29(19-28(31)22(2)3)35-40-30-15-11-10-14-27(30)36(43)41(35)38-20-24-17-25(37)18-32(44-5)34(24)46-21-33(42)39-26-12-8-7-9-13-26/h7-20,22H,6,21H2,1-5H3,(H,39,42). The van der Waals surface area contributed by atoms with Crippen LogP contribution in [0.1, 0.15) is 43.4 Å². The number of ether oxygens (including phenoxy) is 3. The summed E-state index contributed by atoms with van der Waals surface area (Å²) >= 11 is 6.43. The Hall–Kier alpha value is -5.15. The van der Waals surface area contributed by atoms with Crippen LogP contribution in [0.2, 0.25) is 5.02 Å². The number of aromatic nitrogens is 2. The molecule has 0 radical (unpaired) electrons. The van der Waals surface area contributed by atoms with Gasteiger partial charge in [0.15, 0.2) is 23.9 Å². The lowest BCUT2D eigenvalue weighted by Crippen LogP contribution is -2.21. The van der Waals surface area contributed by atoms with Gasteiger partial charge >= 0.3 is 0 Å². The molecule has 5 aromatic rings. The lowest BCUT2D eigenvalue weighted by atomic mass is 9.96. The largest absolute Gasteiger partial charge is 0.494 e. The van der Waals surface area contributed by atoms with Crippen LogP contribution in [0, 0.1) is 6.92 Å². The van der Waals surface area contributed by atoms with Gasteiger partial charge in [-0.1, -0.05) is 55.8 Å². The van der Waals surface area contributed by atoms with Gasteiger partial charge in [0, 0.05) is 27.9 Å². The van der Waals surface area contributed by atoms with Crippen molar-refractivity contribution in [1.82, 2.24) is 9.66 Å². The summed E-state index contributed by atoms with van der Waals surface area (Å²) in [5.74, 6) is 1.48. The van der Waals surface area contributed by atoms with Gasteiger partial charge in [-0.25, -0.2) is 4.98 Å². The van der Waals surface area contributed by atoms with Crippen molar-refractivity contribution in [2.45, 2.75) is 33.6 Å². The minimum absolute atomic E-state index is 0.155. The summed E-state index contributed by atoms with van der Waals surface area (Å²) < 4.78 is 18.7. The molecule has 0 saturated carbocycles. The molecule has 0 aliphatic heterocycles. The molecule has 0 unspecified atom stereocenters. The predicted molar refractivity (Wildman–Crippen MR) is 183 cm³/mol. The number of amides is 1. The number of rotatable bonds is 11. The van der Waals surface area contributed by atoms with E-state index in [1.807, 2.05) is 50.2 Å². The number of benzene rings is 4. The number of carbonyl (C=O) groups excluding carboxylic acids is 1. The molecular formula is C36H35ClN4O5. The van der Waals surface area contributed by atoms with Gasteiger partial charge in [0.1, 0.15) is 5.75 Å². The van der Waals surface area contributed by atoms with E-state index in [1.165, 1.54) is 18.0 Å². The third-order valence-corrected chi connectivity index (χ3v) is 7.48. The Bertz CT molecular complexity index is 1970. The second kappa shape index (κ2) is 14.3. The summed E-state index contributed by atoms with van der Waals surface area (Å²) in [4.78, 5) is 31.5. The van der Waals surface area contributed by atoms with Crippen LogP contribution < -0.4 is 25.1 Å². The van der Waals surface area contributed by atoms with Crippen LogP contribution in [0.3, 0.4) is 0 Å². The lowest BCUT2D eigenvalue weighted by Gasteiger charge is -2.18. The molecule has 9 nitrogen and oxygen atoms in total. The van der Waals surface area contributed by atoms with Gasteiger partial charge in [0.25, 0.3) is 11.5 Å². The number of para-hydroxylation sites is 2. The molecular weight excluding hydrogens is 604 g/mol. The van der Waals surface area contributed by atoms with Crippen molar-refractivity contribution >= 4 is 40.3 Å². The number of methoxy groups -OCH3 is 1. The maximum absolute atomic E-state index is 14.0.